The molecule has 0 saturated heterocycles. The van der Waals surface area contributed by atoms with E-state index in [1.54, 1.807) is 20.1 Å². The Bertz CT molecular complexity index is 1310. The first kappa shape index (κ1) is 20.3. The molecule has 0 aliphatic rings. The highest BCUT2D eigenvalue weighted by molar-refractivity contribution is 5.91. The fourth-order valence-electron chi connectivity index (χ4n) is 3.46. The highest BCUT2D eigenvalue weighted by Crippen LogP contribution is 2.22. The number of carbonyl (C=O) groups excluding carboxylic acids is 1. The summed E-state index contributed by atoms with van der Waals surface area (Å²) in [5.74, 6) is 0.939. The largest absolute Gasteiger partial charge is 0.497 e. The van der Waals surface area contributed by atoms with Crippen LogP contribution >= 0.6 is 0 Å². The summed E-state index contributed by atoms with van der Waals surface area (Å²) in [6.45, 7) is 3.59. The van der Waals surface area contributed by atoms with E-state index in [4.69, 9.17) is 4.74 Å². The molecule has 2 heterocycles. The number of anilines is 1. The minimum Gasteiger partial charge on any atom is -0.497 e. The summed E-state index contributed by atoms with van der Waals surface area (Å²) in [6, 6.07) is 16.7. The number of aromatic nitrogens is 4. The van der Waals surface area contributed by atoms with Crippen LogP contribution in [0, 0.1) is 6.92 Å². The molecule has 4 rings (SSSR count). The van der Waals surface area contributed by atoms with E-state index < -0.39 is 0 Å². The molecule has 0 atom stereocenters. The Hall–Kier alpha value is -3.94. The molecular weight excluding hydrogens is 394 g/mol. The zero-order chi connectivity index (χ0) is 22.0. The van der Waals surface area contributed by atoms with Gasteiger partial charge in [0.1, 0.15) is 23.6 Å². The monoisotopic (exact) mass is 417 g/mol. The summed E-state index contributed by atoms with van der Waals surface area (Å²) in [5.41, 5.74) is 3.25. The molecule has 0 saturated carbocycles. The first-order chi connectivity index (χ1) is 15.0. The molecule has 0 fully saturated rings. The zero-order valence-corrected chi connectivity index (χ0v) is 17.6. The van der Waals surface area contributed by atoms with Crippen LogP contribution in [0.15, 0.2) is 59.4 Å². The lowest BCUT2D eigenvalue weighted by atomic mass is 10.1. The number of methoxy groups -OCH3 is 1. The molecule has 0 bridgehead atoms. The van der Waals surface area contributed by atoms with Crippen molar-refractivity contribution in [3.63, 3.8) is 0 Å². The smallest absolute Gasteiger partial charge is 0.293 e. The van der Waals surface area contributed by atoms with Crippen molar-refractivity contribution in [2.75, 3.05) is 12.4 Å². The SMILES string of the molecule is CCc1ccccc1NC(=O)Cn1nc(C)n2nc(-c3ccc(OC)cc3)cc2c1=O. The minimum absolute atomic E-state index is 0.183. The number of fused-ring (bicyclic) bond motifs is 1. The predicted octanol–water partition coefficient (Wildman–Crippen LogP) is 3.08. The Morgan fingerprint density at radius 1 is 1.10 bits per heavy atom. The molecule has 2 aromatic carbocycles. The second-order valence-electron chi connectivity index (χ2n) is 7.12. The molecule has 4 aromatic rings. The molecule has 31 heavy (non-hydrogen) atoms. The van der Waals surface area contributed by atoms with Crippen LogP contribution < -0.4 is 15.6 Å². The molecule has 0 unspecified atom stereocenters. The number of ether oxygens (including phenoxy) is 1. The Balaban J connectivity index is 1.63. The number of nitrogens with one attached hydrogen (secondary N) is 1. The van der Waals surface area contributed by atoms with Gasteiger partial charge in [0.25, 0.3) is 5.56 Å². The number of hydrogen-bond acceptors (Lipinski definition) is 5. The van der Waals surface area contributed by atoms with Crippen LogP contribution in [0.5, 0.6) is 5.75 Å². The van der Waals surface area contributed by atoms with Crippen LogP contribution in [0.2, 0.25) is 0 Å². The minimum atomic E-state index is -0.378. The standard InChI is InChI=1S/C23H23N5O3/c1-4-16-7-5-6-8-19(16)24-22(29)14-27-23(30)21-13-20(26-28(21)15(2)25-27)17-9-11-18(31-3)12-10-17/h5-13H,4,14H2,1-3H3,(H,24,29). The molecule has 0 spiro atoms. The summed E-state index contributed by atoms with van der Waals surface area (Å²) >= 11 is 0. The second-order valence-corrected chi connectivity index (χ2v) is 7.12. The van der Waals surface area contributed by atoms with Crippen molar-refractivity contribution < 1.29 is 9.53 Å². The van der Waals surface area contributed by atoms with Crippen molar-refractivity contribution in [3.05, 3.63) is 76.3 Å². The van der Waals surface area contributed by atoms with Gasteiger partial charge in [-0.15, -0.1) is 0 Å². The van der Waals surface area contributed by atoms with Crippen LogP contribution in [0.25, 0.3) is 16.8 Å². The molecule has 2 aromatic heterocycles. The third kappa shape index (κ3) is 4.05. The average molecular weight is 417 g/mol. The lowest BCUT2D eigenvalue weighted by Gasteiger charge is -2.11. The summed E-state index contributed by atoms with van der Waals surface area (Å²) in [6.07, 6.45) is 0.795. The van der Waals surface area contributed by atoms with Gasteiger partial charge in [-0.2, -0.15) is 10.2 Å². The van der Waals surface area contributed by atoms with Crippen LogP contribution in [0.4, 0.5) is 5.69 Å². The highest BCUT2D eigenvalue weighted by Gasteiger charge is 2.15. The maximum Gasteiger partial charge on any atom is 0.293 e. The Morgan fingerprint density at radius 3 is 2.55 bits per heavy atom. The van der Waals surface area contributed by atoms with Crippen molar-refractivity contribution >= 4 is 17.1 Å². The summed E-state index contributed by atoms with van der Waals surface area (Å²) < 4.78 is 7.86. The summed E-state index contributed by atoms with van der Waals surface area (Å²) in [4.78, 5) is 25.6. The molecule has 158 valence electrons. The van der Waals surface area contributed by atoms with Gasteiger partial charge < -0.3 is 10.1 Å². The molecule has 1 amide bonds. The lowest BCUT2D eigenvalue weighted by Crippen LogP contribution is -2.32. The Morgan fingerprint density at radius 2 is 1.84 bits per heavy atom. The van der Waals surface area contributed by atoms with E-state index >= 15 is 0 Å². The first-order valence-corrected chi connectivity index (χ1v) is 10.00. The summed E-state index contributed by atoms with van der Waals surface area (Å²) in [5, 5.41) is 11.7. The number of para-hydroxylation sites is 1. The van der Waals surface area contributed by atoms with E-state index in [2.05, 4.69) is 15.5 Å². The van der Waals surface area contributed by atoms with Crippen LogP contribution in [-0.4, -0.2) is 32.4 Å². The first-order valence-electron chi connectivity index (χ1n) is 10.00. The molecule has 0 radical (unpaired) electrons. The molecular formula is C23H23N5O3. The van der Waals surface area contributed by atoms with Gasteiger partial charge in [-0.25, -0.2) is 9.20 Å². The fraction of sp³-hybridized carbons (Fsp3) is 0.217. The topological polar surface area (TPSA) is 90.5 Å². The van der Waals surface area contributed by atoms with Crippen molar-refractivity contribution in [3.8, 4) is 17.0 Å². The van der Waals surface area contributed by atoms with Gasteiger partial charge in [-0.3, -0.25) is 9.59 Å². The van der Waals surface area contributed by atoms with E-state index in [0.717, 1.165) is 29.0 Å². The van der Waals surface area contributed by atoms with E-state index in [9.17, 15) is 9.59 Å². The van der Waals surface area contributed by atoms with Gasteiger partial charge in [0.2, 0.25) is 5.91 Å². The molecule has 8 nitrogen and oxygen atoms in total. The number of benzene rings is 2. The maximum atomic E-state index is 13.0. The molecule has 8 heteroatoms. The van der Waals surface area contributed by atoms with Gasteiger partial charge >= 0.3 is 0 Å². The van der Waals surface area contributed by atoms with Gasteiger partial charge in [0.05, 0.1) is 12.8 Å². The van der Waals surface area contributed by atoms with E-state index in [0.29, 0.717) is 17.0 Å². The third-order valence-electron chi connectivity index (χ3n) is 5.09. The molecule has 0 aliphatic carbocycles. The van der Waals surface area contributed by atoms with Crippen LogP contribution in [0.3, 0.4) is 0 Å². The van der Waals surface area contributed by atoms with Gasteiger partial charge in [-0.05, 0) is 55.3 Å². The quantitative estimate of drug-likeness (QED) is 0.521. The van der Waals surface area contributed by atoms with E-state index in [-0.39, 0.29) is 18.0 Å². The normalized spacial score (nSPS) is 10.9. The number of aryl methyl sites for hydroxylation is 2. The van der Waals surface area contributed by atoms with Crippen LogP contribution in [-0.2, 0) is 17.8 Å². The van der Waals surface area contributed by atoms with Gasteiger partial charge in [0.15, 0.2) is 0 Å². The molecule has 0 aliphatic heterocycles. The van der Waals surface area contributed by atoms with Crippen molar-refractivity contribution in [1.29, 1.82) is 0 Å². The lowest BCUT2D eigenvalue weighted by molar-refractivity contribution is -0.117. The van der Waals surface area contributed by atoms with Gasteiger partial charge in [0, 0.05) is 11.3 Å². The van der Waals surface area contributed by atoms with E-state index in [1.165, 1.54) is 9.20 Å². The Kier molecular flexibility index (Phi) is 5.53. The average Bonchev–Trinajstić information content (AvgIpc) is 3.24. The van der Waals surface area contributed by atoms with Gasteiger partial charge in [-0.1, -0.05) is 25.1 Å². The van der Waals surface area contributed by atoms with Crippen molar-refractivity contribution in [2.24, 2.45) is 0 Å². The number of nitrogens with zero attached hydrogens (tertiary/aromatic N) is 4. The number of carbonyl (C=O) groups is 1. The molecule has 1 N–H and O–H groups in total. The Labute approximate surface area is 179 Å². The fourth-order valence-corrected chi connectivity index (χ4v) is 3.46. The number of rotatable bonds is 6. The zero-order valence-electron chi connectivity index (χ0n) is 17.6. The number of amides is 1. The third-order valence-corrected chi connectivity index (χ3v) is 5.09. The summed E-state index contributed by atoms with van der Waals surface area (Å²) in [7, 11) is 1.61. The predicted molar refractivity (Wildman–Crippen MR) is 118 cm³/mol. The van der Waals surface area contributed by atoms with Crippen LogP contribution in [0.1, 0.15) is 18.3 Å². The van der Waals surface area contributed by atoms with Crippen molar-refractivity contribution in [1.82, 2.24) is 19.4 Å². The number of hydrogen-bond donors (Lipinski definition) is 1. The van der Waals surface area contributed by atoms with Crippen molar-refractivity contribution in [2.45, 2.75) is 26.8 Å². The van der Waals surface area contributed by atoms with E-state index in [1.807, 2.05) is 55.5 Å². The highest BCUT2D eigenvalue weighted by atomic mass is 16.5. The maximum absolute atomic E-state index is 13.0. The second kappa shape index (κ2) is 8.43.